The molecular weight excluding hydrogens is 280 g/mol. The molecule has 0 bridgehead atoms. The van der Waals surface area contributed by atoms with Crippen molar-refractivity contribution in [1.29, 1.82) is 0 Å². The molecule has 2 heterocycles. The number of furan rings is 1. The molecule has 0 saturated carbocycles. The maximum atomic E-state index is 12.6. The topological polar surface area (TPSA) is 53.8 Å². The SMILES string of the molecule is CN(C(=O)C1CC(=O)N(Cc2ccco2)C1)c1ccccc1. The molecule has 114 valence electrons. The zero-order valence-electron chi connectivity index (χ0n) is 12.4. The van der Waals surface area contributed by atoms with Gasteiger partial charge in [0.05, 0.1) is 18.7 Å². The van der Waals surface area contributed by atoms with Crippen LogP contribution in [-0.4, -0.2) is 30.3 Å². The summed E-state index contributed by atoms with van der Waals surface area (Å²) in [5.74, 6) is 0.406. The van der Waals surface area contributed by atoms with Crippen LogP contribution in [0.15, 0.2) is 53.1 Å². The van der Waals surface area contributed by atoms with E-state index in [2.05, 4.69) is 0 Å². The minimum Gasteiger partial charge on any atom is -0.467 e. The van der Waals surface area contributed by atoms with Gasteiger partial charge in [0.1, 0.15) is 5.76 Å². The lowest BCUT2D eigenvalue weighted by Crippen LogP contribution is -2.34. The number of carbonyl (C=O) groups is 2. The summed E-state index contributed by atoms with van der Waals surface area (Å²) in [5, 5.41) is 0. The van der Waals surface area contributed by atoms with E-state index in [1.165, 1.54) is 0 Å². The minimum absolute atomic E-state index is 0.00351. The fraction of sp³-hybridized carbons (Fsp3) is 0.294. The highest BCUT2D eigenvalue weighted by atomic mass is 16.3. The van der Waals surface area contributed by atoms with Crippen molar-refractivity contribution >= 4 is 17.5 Å². The average Bonchev–Trinajstić information content (AvgIpc) is 3.18. The first-order valence-electron chi connectivity index (χ1n) is 7.28. The molecule has 1 aliphatic heterocycles. The van der Waals surface area contributed by atoms with Crippen molar-refractivity contribution in [2.45, 2.75) is 13.0 Å². The molecule has 5 heteroatoms. The Labute approximate surface area is 129 Å². The molecule has 1 saturated heterocycles. The molecule has 0 radical (unpaired) electrons. The van der Waals surface area contributed by atoms with Crippen LogP contribution in [0.2, 0.25) is 0 Å². The summed E-state index contributed by atoms with van der Waals surface area (Å²) in [6.07, 6.45) is 1.85. The highest BCUT2D eigenvalue weighted by Gasteiger charge is 2.36. The number of amides is 2. The number of para-hydroxylation sites is 1. The molecule has 1 atom stereocenters. The number of likely N-dealkylation sites (tertiary alicyclic amines) is 1. The highest BCUT2D eigenvalue weighted by molar-refractivity contribution is 5.98. The van der Waals surface area contributed by atoms with Crippen LogP contribution in [0.3, 0.4) is 0 Å². The van der Waals surface area contributed by atoms with Gasteiger partial charge in [-0.3, -0.25) is 9.59 Å². The number of carbonyl (C=O) groups excluding carboxylic acids is 2. The van der Waals surface area contributed by atoms with Crippen molar-refractivity contribution in [1.82, 2.24) is 4.90 Å². The zero-order chi connectivity index (χ0) is 15.5. The second-order valence-corrected chi connectivity index (χ2v) is 5.49. The second-order valence-electron chi connectivity index (χ2n) is 5.49. The van der Waals surface area contributed by atoms with Crippen LogP contribution >= 0.6 is 0 Å². The van der Waals surface area contributed by atoms with E-state index in [0.29, 0.717) is 13.1 Å². The van der Waals surface area contributed by atoms with Gasteiger partial charge in [0, 0.05) is 25.7 Å². The van der Waals surface area contributed by atoms with Crippen molar-refractivity contribution < 1.29 is 14.0 Å². The third-order valence-corrected chi connectivity index (χ3v) is 3.96. The number of hydrogen-bond donors (Lipinski definition) is 0. The van der Waals surface area contributed by atoms with Gasteiger partial charge in [-0.15, -0.1) is 0 Å². The van der Waals surface area contributed by atoms with Gasteiger partial charge in [-0.1, -0.05) is 18.2 Å². The van der Waals surface area contributed by atoms with E-state index in [1.807, 2.05) is 36.4 Å². The Balaban J connectivity index is 1.66. The van der Waals surface area contributed by atoms with Crippen LogP contribution in [0.5, 0.6) is 0 Å². The molecule has 0 N–H and O–H groups in total. The summed E-state index contributed by atoms with van der Waals surface area (Å²) in [5.41, 5.74) is 0.837. The molecule has 1 unspecified atom stereocenters. The molecule has 22 heavy (non-hydrogen) atoms. The van der Waals surface area contributed by atoms with E-state index in [9.17, 15) is 9.59 Å². The van der Waals surface area contributed by atoms with Crippen LogP contribution in [0, 0.1) is 5.92 Å². The van der Waals surface area contributed by atoms with Gasteiger partial charge in [-0.25, -0.2) is 0 Å². The van der Waals surface area contributed by atoms with Crippen molar-refractivity contribution in [3.05, 3.63) is 54.5 Å². The summed E-state index contributed by atoms with van der Waals surface area (Å²) < 4.78 is 5.27. The predicted octanol–water partition coefficient (Wildman–Crippen LogP) is 2.29. The normalized spacial score (nSPS) is 17.8. The summed E-state index contributed by atoms with van der Waals surface area (Å²) in [7, 11) is 1.75. The molecule has 2 amide bonds. The third kappa shape index (κ3) is 2.88. The lowest BCUT2D eigenvalue weighted by Gasteiger charge is -2.21. The van der Waals surface area contributed by atoms with Gasteiger partial charge in [-0.2, -0.15) is 0 Å². The van der Waals surface area contributed by atoms with Gasteiger partial charge >= 0.3 is 0 Å². The molecule has 0 aliphatic carbocycles. The van der Waals surface area contributed by atoms with E-state index >= 15 is 0 Å². The molecule has 2 aromatic rings. The summed E-state index contributed by atoms with van der Waals surface area (Å²) in [6, 6.07) is 13.1. The molecule has 1 aliphatic rings. The Morgan fingerprint density at radius 2 is 2.05 bits per heavy atom. The fourth-order valence-corrected chi connectivity index (χ4v) is 2.73. The van der Waals surface area contributed by atoms with Crippen LogP contribution in [0.4, 0.5) is 5.69 Å². The standard InChI is InChI=1S/C17H18N2O3/c1-18(14-6-3-2-4-7-14)17(21)13-10-16(20)19(11-13)12-15-8-5-9-22-15/h2-9,13H,10-12H2,1H3. The number of benzene rings is 1. The van der Waals surface area contributed by atoms with E-state index < -0.39 is 0 Å². The Morgan fingerprint density at radius 1 is 1.27 bits per heavy atom. The lowest BCUT2D eigenvalue weighted by molar-refractivity contribution is -0.129. The van der Waals surface area contributed by atoms with Gasteiger partial charge < -0.3 is 14.2 Å². The van der Waals surface area contributed by atoms with Crippen LogP contribution < -0.4 is 4.90 Å². The lowest BCUT2D eigenvalue weighted by atomic mass is 10.1. The van der Waals surface area contributed by atoms with Gasteiger partial charge in [0.2, 0.25) is 11.8 Å². The summed E-state index contributed by atoms with van der Waals surface area (Å²) in [6.45, 7) is 0.861. The van der Waals surface area contributed by atoms with Gasteiger partial charge in [0.15, 0.2) is 0 Å². The fourth-order valence-electron chi connectivity index (χ4n) is 2.73. The Bertz CT molecular complexity index is 652. The number of rotatable bonds is 4. The molecular formula is C17H18N2O3. The second kappa shape index (κ2) is 6.05. The van der Waals surface area contributed by atoms with Crippen molar-refractivity contribution in [3.63, 3.8) is 0 Å². The summed E-state index contributed by atoms with van der Waals surface area (Å²) >= 11 is 0. The number of anilines is 1. The molecule has 1 aromatic heterocycles. The molecule has 3 rings (SSSR count). The first-order valence-corrected chi connectivity index (χ1v) is 7.28. The number of hydrogen-bond acceptors (Lipinski definition) is 3. The van der Waals surface area contributed by atoms with E-state index in [-0.39, 0.29) is 24.2 Å². The Morgan fingerprint density at radius 3 is 2.73 bits per heavy atom. The third-order valence-electron chi connectivity index (χ3n) is 3.96. The maximum Gasteiger partial charge on any atom is 0.232 e. The first kappa shape index (κ1) is 14.4. The van der Waals surface area contributed by atoms with Crippen molar-refractivity contribution in [3.8, 4) is 0 Å². The monoisotopic (exact) mass is 298 g/mol. The van der Waals surface area contributed by atoms with Crippen molar-refractivity contribution in [2.75, 3.05) is 18.5 Å². The summed E-state index contributed by atoms with van der Waals surface area (Å²) in [4.78, 5) is 28.0. The van der Waals surface area contributed by atoms with E-state index in [4.69, 9.17) is 4.42 Å². The smallest absolute Gasteiger partial charge is 0.232 e. The molecule has 0 spiro atoms. The molecule has 5 nitrogen and oxygen atoms in total. The van der Waals surface area contributed by atoms with E-state index in [0.717, 1.165) is 11.4 Å². The predicted molar refractivity (Wildman–Crippen MR) is 82.1 cm³/mol. The average molecular weight is 298 g/mol. The van der Waals surface area contributed by atoms with E-state index in [1.54, 1.807) is 29.2 Å². The largest absolute Gasteiger partial charge is 0.467 e. The van der Waals surface area contributed by atoms with Gasteiger partial charge in [-0.05, 0) is 24.3 Å². The quantitative estimate of drug-likeness (QED) is 0.870. The van der Waals surface area contributed by atoms with Crippen LogP contribution in [0.25, 0.3) is 0 Å². The van der Waals surface area contributed by atoms with Crippen molar-refractivity contribution in [2.24, 2.45) is 5.92 Å². The van der Waals surface area contributed by atoms with Crippen LogP contribution in [-0.2, 0) is 16.1 Å². The van der Waals surface area contributed by atoms with Crippen LogP contribution in [0.1, 0.15) is 12.2 Å². The molecule has 1 aromatic carbocycles. The minimum atomic E-state index is -0.298. The number of nitrogens with zero attached hydrogens (tertiary/aromatic N) is 2. The highest BCUT2D eigenvalue weighted by Crippen LogP contribution is 2.24. The Kier molecular flexibility index (Phi) is 3.96. The van der Waals surface area contributed by atoms with Gasteiger partial charge in [0.25, 0.3) is 0 Å². The Hall–Kier alpha value is -2.56. The maximum absolute atomic E-state index is 12.6. The molecule has 1 fully saturated rings. The zero-order valence-corrected chi connectivity index (χ0v) is 12.4. The first-order chi connectivity index (χ1) is 10.6.